The molecule has 2 fully saturated rings. The van der Waals surface area contributed by atoms with E-state index in [2.05, 4.69) is 5.09 Å². The standard InChI is InChI=1S/C22H27FN3O9P/c1-13(2)33-18(28)14(3)25-36(31,35-15-7-5-4-6-8-15)32-11-16-22(30)12-21(22,23)19(34-16)26-10-9-17(27)24-20(26)29/h4-10,13-14,16,19,30H,11-12H2,1-3H3,(H,25,31)(H,24,27,29)/t14-,16+,19+,21-,22-,36-/m0/s1. The fourth-order valence-corrected chi connectivity index (χ4v) is 5.47. The number of halogens is 1. The quantitative estimate of drug-likeness (QED) is 0.305. The summed E-state index contributed by atoms with van der Waals surface area (Å²) >= 11 is 0. The van der Waals surface area contributed by atoms with Gasteiger partial charge in [0.2, 0.25) is 0 Å². The maximum Gasteiger partial charge on any atom is 0.459 e. The van der Waals surface area contributed by atoms with Crippen molar-refractivity contribution in [2.45, 2.75) is 62.9 Å². The highest BCUT2D eigenvalue weighted by Gasteiger charge is 2.82. The smallest absolute Gasteiger partial charge is 0.459 e. The minimum absolute atomic E-state index is 0.160. The number of para-hydroxylation sites is 1. The molecule has 1 saturated heterocycles. The fraction of sp³-hybridized carbons (Fsp3) is 0.500. The third-order valence-corrected chi connectivity index (χ3v) is 7.51. The van der Waals surface area contributed by atoms with E-state index >= 15 is 4.39 Å². The Kier molecular flexibility index (Phi) is 6.97. The van der Waals surface area contributed by atoms with Crippen LogP contribution in [0.2, 0.25) is 0 Å². The molecule has 2 aromatic rings. The zero-order valence-electron chi connectivity index (χ0n) is 19.8. The van der Waals surface area contributed by atoms with E-state index in [9.17, 15) is 24.1 Å². The third-order valence-electron chi connectivity index (χ3n) is 5.86. The van der Waals surface area contributed by atoms with E-state index in [0.717, 1.165) is 16.8 Å². The van der Waals surface area contributed by atoms with Gasteiger partial charge in [-0.25, -0.2) is 13.8 Å². The van der Waals surface area contributed by atoms with Crippen LogP contribution >= 0.6 is 7.75 Å². The summed E-state index contributed by atoms with van der Waals surface area (Å²) in [5.41, 5.74) is -5.97. The molecule has 12 nitrogen and oxygen atoms in total. The van der Waals surface area contributed by atoms with E-state index in [1.54, 1.807) is 32.0 Å². The van der Waals surface area contributed by atoms with Crippen molar-refractivity contribution >= 4 is 13.7 Å². The van der Waals surface area contributed by atoms with Gasteiger partial charge in [0.25, 0.3) is 5.56 Å². The highest BCUT2D eigenvalue weighted by Crippen LogP contribution is 2.66. The van der Waals surface area contributed by atoms with Crippen molar-refractivity contribution in [1.29, 1.82) is 0 Å². The normalized spacial score (nSPS) is 29.3. The lowest BCUT2D eigenvalue weighted by Crippen LogP contribution is -2.38. The number of benzene rings is 1. The SMILES string of the molecule is CC(C)OC(=O)[C@H](C)N[P@](=O)(OC[C@H]1O[C@@H](n2ccc(=O)[nH]c2=O)[C@@]2(F)C[C@]12O)Oc1ccccc1. The van der Waals surface area contributed by atoms with E-state index in [1.165, 1.54) is 19.1 Å². The lowest BCUT2D eigenvalue weighted by atomic mass is 10.1. The summed E-state index contributed by atoms with van der Waals surface area (Å²) in [5, 5.41) is 13.3. The summed E-state index contributed by atoms with van der Waals surface area (Å²) in [7, 11) is -4.30. The second-order valence-corrected chi connectivity index (χ2v) is 10.7. The number of aromatic amines is 1. The molecule has 4 rings (SSSR count). The number of nitrogens with one attached hydrogen (secondary N) is 2. The van der Waals surface area contributed by atoms with Gasteiger partial charge in [-0.05, 0) is 32.9 Å². The highest BCUT2D eigenvalue weighted by molar-refractivity contribution is 7.52. The zero-order valence-corrected chi connectivity index (χ0v) is 20.6. The van der Waals surface area contributed by atoms with Crippen LogP contribution in [0.5, 0.6) is 5.75 Å². The second-order valence-electron chi connectivity index (χ2n) is 8.99. The van der Waals surface area contributed by atoms with E-state index in [0.29, 0.717) is 0 Å². The number of nitrogens with zero attached hydrogens (tertiary/aromatic N) is 1. The number of aromatic nitrogens is 2. The molecule has 36 heavy (non-hydrogen) atoms. The number of esters is 1. The molecule has 0 spiro atoms. The van der Waals surface area contributed by atoms with Crippen LogP contribution in [0.4, 0.5) is 4.39 Å². The van der Waals surface area contributed by atoms with Crippen LogP contribution in [-0.2, 0) is 23.4 Å². The maximum absolute atomic E-state index is 15.5. The number of carbonyl (C=O) groups is 1. The van der Waals surface area contributed by atoms with Crippen LogP contribution in [0.3, 0.4) is 0 Å². The third kappa shape index (κ3) is 5.02. The molecule has 2 aliphatic rings. The summed E-state index contributed by atoms with van der Waals surface area (Å²) in [6.45, 7) is 4.10. The van der Waals surface area contributed by atoms with E-state index in [4.69, 9.17) is 18.5 Å². The molecular formula is C22H27FN3O9P. The van der Waals surface area contributed by atoms with Crippen molar-refractivity contribution in [3.8, 4) is 5.75 Å². The molecule has 0 unspecified atom stereocenters. The van der Waals surface area contributed by atoms with Crippen LogP contribution in [-0.4, -0.2) is 56.8 Å². The Hall–Kier alpha value is -2.83. The number of ether oxygens (including phenoxy) is 2. The Balaban J connectivity index is 1.52. The lowest BCUT2D eigenvalue weighted by molar-refractivity contribution is -0.149. The molecular weight excluding hydrogens is 500 g/mol. The van der Waals surface area contributed by atoms with Gasteiger partial charge in [-0.3, -0.25) is 23.7 Å². The molecule has 1 saturated carbocycles. The van der Waals surface area contributed by atoms with Crippen LogP contribution in [0.15, 0.2) is 52.2 Å². The van der Waals surface area contributed by atoms with Gasteiger partial charge >= 0.3 is 19.4 Å². The molecule has 0 bridgehead atoms. The predicted octanol–water partition coefficient (Wildman–Crippen LogP) is 1.41. The largest absolute Gasteiger partial charge is 0.462 e. The maximum atomic E-state index is 15.5. The van der Waals surface area contributed by atoms with Crippen LogP contribution in [0, 0.1) is 0 Å². The number of H-pyrrole nitrogens is 1. The highest BCUT2D eigenvalue weighted by atomic mass is 31.2. The van der Waals surface area contributed by atoms with Crippen LogP contribution < -0.4 is 20.9 Å². The van der Waals surface area contributed by atoms with Crippen molar-refractivity contribution in [3.63, 3.8) is 0 Å². The van der Waals surface area contributed by atoms with Crippen molar-refractivity contribution < 1.29 is 37.4 Å². The van der Waals surface area contributed by atoms with Gasteiger partial charge in [0.05, 0.1) is 12.7 Å². The Morgan fingerprint density at radius 3 is 2.64 bits per heavy atom. The fourth-order valence-electron chi connectivity index (χ4n) is 3.98. The molecule has 2 heterocycles. The average Bonchev–Trinajstić information content (AvgIpc) is 3.29. The minimum Gasteiger partial charge on any atom is -0.462 e. The number of alkyl halides is 1. The number of fused-ring (bicyclic) bond motifs is 1. The number of rotatable bonds is 10. The van der Waals surface area contributed by atoms with Gasteiger partial charge in [-0.1, -0.05) is 18.2 Å². The number of hydrogen-bond donors (Lipinski definition) is 3. The number of aliphatic hydroxyl groups is 1. The molecule has 1 aliphatic carbocycles. The Morgan fingerprint density at radius 1 is 1.31 bits per heavy atom. The van der Waals surface area contributed by atoms with E-state index in [1.807, 2.05) is 4.98 Å². The molecule has 196 valence electrons. The van der Waals surface area contributed by atoms with Crippen molar-refractivity contribution in [1.82, 2.24) is 14.6 Å². The molecule has 1 aromatic carbocycles. The van der Waals surface area contributed by atoms with Gasteiger partial charge in [0, 0.05) is 18.7 Å². The van der Waals surface area contributed by atoms with Crippen molar-refractivity contribution in [2.24, 2.45) is 0 Å². The molecule has 1 aliphatic heterocycles. The van der Waals surface area contributed by atoms with Gasteiger partial charge in [-0.15, -0.1) is 0 Å². The molecule has 0 amide bonds. The minimum atomic E-state index is -4.30. The van der Waals surface area contributed by atoms with Crippen molar-refractivity contribution in [2.75, 3.05) is 6.61 Å². The Morgan fingerprint density at radius 2 is 2.00 bits per heavy atom. The first-order valence-corrected chi connectivity index (χ1v) is 12.8. The molecule has 6 atom stereocenters. The summed E-state index contributed by atoms with van der Waals surface area (Å²) in [4.78, 5) is 37.8. The topological polar surface area (TPSA) is 158 Å². The Labute approximate surface area is 204 Å². The van der Waals surface area contributed by atoms with E-state index < -0.39 is 67.3 Å². The van der Waals surface area contributed by atoms with Gasteiger partial charge in [0.1, 0.15) is 23.5 Å². The average molecular weight is 527 g/mol. The molecule has 1 aromatic heterocycles. The molecule has 14 heteroatoms. The Bertz CT molecular complexity index is 1290. The molecule has 0 radical (unpaired) electrons. The zero-order chi connectivity index (χ0) is 26.3. The molecule has 3 N–H and O–H groups in total. The van der Waals surface area contributed by atoms with Gasteiger partial charge in [-0.2, -0.15) is 5.09 Å². The van der Waals surface area contributed by atoms with Crippen molar-refractivity contribution in [3.05, 3.63) is 63.4 Å². The summed E-state index contributed by atoms with van der Waals surface area (Å²) in [6, 6.07) is 7.91. The van der Waals surface area contributed by atoms with Crippen LogP contribution in [0.25, 0.3) is 0 Å². The first-order valence-electron chi connectivity index (χ1n) is 11.2. The van der Waals surface area contributed by atoms with Gasteiger partial charge in [0.15, 0.2) is 11.9 Å². The lowest BCUT2D eigenvalue weighted by Gasteiger charge is -2.26. The first kappa shape index (κ1) is 26.2. The second kappa shape index (κ2) is 9.56. The summed E-state index contributed by atoms with van der Waals surface area (Å²) in [5.74, 6) is -0.545. The van der Waals surface area contributed by atoms with E-state index in [-0.39, 0.29) is 12.2 Å². The van der Waals surface area contributed by atoms with Crippen LogP contribution in [0.1, 0.15) is 33.4 Å². The first-order chi connectivity index (χ1) is 16.9. The van der Waals surface area contributed by atoms with Gasteiger partial charge < -0.3 is 19.1 Å². The summed E-state index contributed by atoms with van der Waals surface area (Å²) in [6.07, 6.45) is -2.64. The number of carbonyl (C=O) groups excluding carboxylic acids is 1. The summed E-state index contributed by atoms with van der Waals surface area (Å²) < 4.78 is 51.6. The number of hydrogen-bond acceptors (Lipinski definition) is 9. The predicted molar refractivity (Wildman–Crippen MR) is 123 cm³/mol. The monoisotopic (exact) mass is 527 g/mol.